The molecule has 15 heavy (non-hydrogen) atoms. The van der Waals surface area contributed by atoms with Crippen molar-refractivity contribution in [1.29, 1.82) is 5.26 Å². The van der Waals surface area contributed by atoms with Crippen molar-refractivity contribution in [1.82, 2.24) is 4.90 Å². The molecule has 0 aromatic carbocycles. The predicted molar refractivity (Wildman–Crippen MR) is 59.0 cm³/mol. The molecule has 0 N–H and O–H groups in total. The Morgan fingerprint density at radius 2 is 2.33 bits per heavy atom. The lowest BCUT2D eigenvalue weighted by Gasteiger charge is -2.23. The third kappa shape index (κ3) is 3.91. The van der Waals surface area contributed by atoms with Gasteiger partial charge in [0.25, 0.3) is 0 Å². The second kappa shape index (κ2) is 5.75. The lowest BCUT2D eigenvalue weighted by Crippen LogP contribution is -2.34. The first-order valence-corrected chi connectivity index (χ1v) is 5.78. The number of nitriles is 1. The van der Waals surface area contributed by atoms with Crippen LogP contribution in [-0.2, 0) is 4.79 Å². The van der Waals surface area contributed by atoms with Gasteiger partial charge in [-0.15, -0.1) is 0 Å². The van der Waals surface area contributed by atoms with E-state index in [0.29, 0.717) is 24.7 Å². The molecule has 1 amide bonds. The first-order chi connectivity index (χ1) is 7.13. The predicted octanol–water partition coefficient (Wildman–Crippen LogP) is 2.18. The molecular formula is C12H20N2O. The minimum atomic E-state index is 0.268. The summed E-state index contributed by atoms with van der Waals surface area (Å²) in [6, 6.07) is 2.16. The van der Waals surface area contributed by atoms with E-state index in [2.05, 4.69) is 13.0 Å². The first-order valence-electron chi connectivity index (χ1n) is 5.78. The molecule has 3 nitrogen and oxygen atoms in total. The maximum absolute atomic E-state index is 11.7. The van der Waals surface area contributed by atoms with Gasteiger partial charge in [0.05, 0.1) is 6.07 Å². The molecule has 1 saturated heterocycles. The number of nitrogens with zero attached hydrogens (tertiary/aromatic N) is 2. The van der Waals surface area contributed by atoms with Crippen molar-refractivity contribution in [2.75, 3.05) is 13.1 Å². The van der Waals surface area contributed by atoms with E-state index in [-0.39, 0.29) is 5.91 Å². The van der Waals surface area contributed by atoms with E-state index in [1.54, 1.807) is 0 Å². The van der Waals surface area contributed by atoms with Crippen LogP contribution in [0.2, 0.25) is 0 Å². The zero-order valence-electron chi connectivity index (χ0n) is 9.70. The number of hydrogen-bond donors (Lipinski definition) is 0. The number of hydrogen-bond acceptors (Lipinski definition) is 2. The Morgan fingerprint density at radius 1 is 1.60 bits per heavy atom. The normalized spacial score (nSPS) is 24.5. The average molecular weight is 208 g/mol. The standard InChI is InChI=1S/C12H20N2O/c1-10-3-4-12(15)14(8-6-10)9-11(2)5-7-13/h10-11H,3-6,8-9H2,1-2H3/t10-,11+/m1/s1. The van der Waals surface area contributed by atoms with Crippen LogP contribution in [-0.4, -0.2) is 23.9 Å². The third-order valence-corrected chi connectivity index (χ3v) is 3.07. The highest BCUT2D eigenvalue weighted by molar-refractivity contribution is 5.76. The van der Waals surface area contributed by atoms with E-state index in [0.717, 1.165) is 25.9 Å². The van der Waals surface area contributed by atoms with Crippen LogP contribution >= 0.6 is 0 Å². The Balaban J connectivity index is 2.45. The molecule has 1 aliphatic rings. The Bertz CT molecular complexity index is 257. The molecule has 3 heteroatoms. The van der Waals surface area contributed by atoms with Crippen LogP contribution < -0.4 is 0 Å². The molecule has 1 rings (SSSR count). The van der Waals surface area contributed by atoms with E-state index in [1.807, 2.05) is 11.8 Å². The largest absolute Gasteiger partial charge is 0.342 e. The van der Waals surface area contributed by atoms with Crippen molar-refractivity contribution in [3.8, 4) is 6.07 Å². The number of carbonyl (C=O) groups is 1. The number of rotatable bonds is 3. The van der Waals surface area contributed by atoms with Gasteiger partial charge in [0.1, 0.15) is 0 Å². The van der Waals surface area contributed by atoms with Crippen molar-refractivity contribution >= 4 is 5.91 Å². The second-order valence-electron chi connectivity index (χ2n) is 4.74. The van der Waals surface area contributed by atoms with Crippen LogP contribution in [0.1, 0.15) is 39.5 Å². The molecule has 0 saturated carbocycles. The highest BCUT2D eigenvalue weighted by Crippen LogP contribution is 2.18. The summed E-state index contributed by atoms with van der Waals surface area (Å²) >= 11 is 0. The van der Waals surface area contributed by atoms with Crippen molar-refractivity contribution < 1.29 is 4.79 Å². The smallest absolute Gasteiger partial charge is 0.222 e. The van der Waals surface area contributed by atoms with Crippen molar-refractivity contribution in [3.05, 3.63) is 0 Å². The van der Waals surface area contributed by atoms with Crippen LogP contribution in [0.25, 0.3) is 0 Å². The molecule has 1 heterocycles. The average Bonchev–Trinajstić information content (AvgIpc) is 2.33. The molecule has 0 aromatic heterocycles. The Morgan fingerprint density at radius 3 is 3.00 bits per heavy atom. The fourth-order valence-corrected chi connectivity index (χ4v) is 1.96. The second-order valence-corrected chi connectivity index (χ2v) is 4.74. The van der Waals surface area contributed by atoms with Gasteiger partial charge in [0, 0.05) is 25.9 Å². The maximum Gasteiger partial charge on any atom is 0.222 e. The van der Waals surface area contributed by atoms with Gasteiger partial charge in [-0.3, -0.25) is 4.79 Å². The third-order valence-electron chi connectivity index (χ3n) is 3.07. The Kier molecular flexibility index (Phi) is 4.61. The highest BCUT2D eigenvalue weighted by atomic mass is 16.2. The summed E-state index contributed by atoms with van der Waals surface area (Å²) in [4.78, 5) is 13.7. The summed E-state index contributed by atoms with van der Waals surface area (Å²) in [7, 11) is 0. The lowest BCUT2D eigenvalue weighted by atomic mass is 10.0. The van der Waals surface area contributed by atoms with Crippen molar-refractivity contribution in [2.24, 2.45) is 11.8 Å². The van der Waals surface area contributed by atoms with Crippen LogP contribution in [0, 0.1) is 23.2 Å². The number of carbonyl (C=O) groups excluding carboxylic acids is 1. The van der Waals surface area contributed by atoms with Gasteiger partial charge in [0.15, 0.2) is 0 Å². The topological polar surface area (TPSA) is 44.1 Å². The highest BCUT2D eigenvalue weighted by Gasteiger charge is 2.21. The summed E-state index contributed by atoms with van der Waals surface area (Å²) in [5, 5.41) is 8.58. The molecule has 0 unspecified atom stereocenters. The van der Waals surface area contributed by atoms with Crippen molar-refractivity contribution in [2.45, 2.75) is 39.5 Å². The summed E-state index contributed by atoms with van der Waals surface area (Å²) in [6.45, 7) is 5.86. The van der Waals surface area contributed by atoms with Crippen LogP contribution in [0.3, 0.4) is 0 Å². The van der Waals surface area contributed by atoms with Crippen molar-refractivity contribution in [3.63, 3.8) is 0 Å². The van der Waals surface area contributed by atoms with Gasteiger partial charge in [-0.2, -0.15) is 5.26 Å². The van der Waals surface area contributed by atoms with Gasteiger partial charge < -0.3 is 4.90 Å². The molecule has 0 bridgehead atoms. The fraction of sp³-hybridized carbons (Fsp3) is 0.833. The molecule has 1 aliphatic heterocycles. The Labute approximate surface area is 92.1 Å². The molecule has 0 spiro atoms. The van der Waals surface area contributed by atoms with E-state index in [1.165, 1.54) is 0 Å². The fourth-order valence-electron chi connectivity index (χ4n) is 1.96. The molecule has 0 aliphatic carbocycles. The number of likely N-dealkylation sites (tertiary alicyclic amines) is 1. The molecule has 0 aromatic rings. The van der Waals surface area contributed by atoms with Crippen LogP contribution in [0.5, 0.6) is 0 Å². The van der Waals surface area contributed by atoms with Gasteiger partial charge in [-0.25, -0.2) is 0 Å². The quantitative estimate of drug-likeness (QED) is 0.713. The molecule has 2 atom stereocenters. The molecule has 0 radical (unpaired) electrons. The lowest BCUT2D eigenvalue weighted by molar-refractivity contribution is -0.131. The van der Waals surface area contributed by atoms with E-state index in [9.17, 15) is 4.79 Å². The van der Waals surface area contributed by atoms with E-state index in [4.69, 9.17) is 5.26 Å². The zero-order valence-corrected chi connectivity index (χ0v) is 9.70. The van der Waals surface area contributed by atoms with Gasteiger partial charge >= 0.3 is 0 Å². The van der Waals surface area contributed by atoms with E-state index < -0.39 is 0 Å². The van der Waals surface area contributed by atoms with Gasteiger partial charge in [-0.1, -0.05) is 13.8 Å². The minimum Gasteiger partial charge on any atom is -0.342 e. The summed E-state index contributed by atoms with van der Waals surface area (Å²) in [5.74, 6) is 1.22. The maximum atomic E-state index is 11.7. The van der Waals surface area contributed by atoms with Crippen LogP contribution in [0.4, 0.5) is 0 Å². The summed E-state index contributed by atoms with van der Waals surface area (Å²) in [5.41, 5.74) is 0. The summed E-state index contributed by atoms with van der Waals surface area (Å²) in [6.07, 6.45) is 3.34. The molecule has 1 fully saturated rings. The van der Waals surface area contributed by atoms with Crippen LogP contribution in [0.15, 0.2) is 0 Å². The summed E-state index contributed by atoms with van der Waals surface area (Å²) < 4.78 is 0. The number of amides is 1. The van der Waals surface area contributed by atoms with Gasteiger partial charge in [-0.05, 0) is 24.7 Å². The van der Waals surface area contributed by atoms with E-state index >= 15 is 0 Å². The first kappa shape index (κ1) is 12.0. The minimum absolute atomic E-state index is 0.268. The monoisotopic (exact) mass is 208 g/mol. The van der Waals surface area contributed by atoms with Gasteiger partial charge in [0.2, 0.25) is 5.91 Å². The zero-order chi connectivity index (χ0) is 11.3. The SMILES string of the molecule is C[C@@H]1CCC(=O)N(C[C@@H](C)CC#N)CC1. The molecule has 84 valence electrons. The Hall–Kier alpha value is -1.04. The molecular weight excluding hydrogens is 188 g/mol.